The smallest absolute Gasteiger partial charge is 0.255 e. The fourth-order valence-corrected chi connectivity index (χ4v) is 5.28. The molecule has 9 heteroatoms. The number of carbonyl (C=O) groups excluding carboxylic acids is 1. The SMILES string of the molecule is O=C(c1ccc(Cl)cc1Cl)N(CCS(=O)(=O)N1CCCCC1)Cc1ccccn1. The highest BCUT2D eigenvalue weighted by Gasteiger charge is 2.27. The summed E-state index contributed by atoms with van der Waals surface area (Å²) < 4.78 is 27.0. The van der Waals surface area contributed by atoms with Gasteiger partial charge in [-0.2, -0.15) is 0 Å². The van der Waals surface area contributed by atoms with Gasteiger partial charge in [-0.05, 0) is 43.2 Å². The van der Waals surface area contributed by atoms with Crippen LogP contribution in [0.3, 0.4) is 0 Å². The third kappa shape index (κ3) is 5.92. The number of benzene rings is 1. The second kappa shape index (κ2) is 9.89. The third-order valence-corrected chi connectivity index (χ3v) is 7.25. The number of rotatable bonds is 7. The van der Waals surface area contributed by atoms with Crippen LogP contribution in [0.1, 0.15) is 35.3 Å². The first-order valence-electron chi connectivity index (χ1n) is 9.49. The molecular weight excluding hydrogens is 433 g/mol. The third-order valence-electron chi connectivity index (χ3n) is 4.86. The maximum atomic E-state index is 13.1. The lowest BCUT2D eigenvalue weighted by molar-refractivity contribution is 0.0751. The Morgan fingerprint density at radius 2 is 1.86 bits per heavy atom. The van der Waals surface area contributed by atoms with Gasteiger partial charge in [-0.25, -0.2) is 12.7 Å². The van der Waals surface area contributed by atoms with Gasteiger partial charge >= 0.3 is 0 Å². The number of amides is 1. The van der Waals surface area contributed by atoms with E-state index in [1.54, 1.807) is 30.5 Å². The van der Waals surface area contributed by atoms with E-state index in [1.807, 2.05) is 6.07 Å². The van der Waals surface area contributed by atoms with E-state index >= 15 is 0 Å². The lowest BCUT2D eigenvalue weighted by atomic mass is 10.2. The molecule has 0 radical (unpaired) electrons. The van der Waals surface area contributed by atoms with Gasteiger partial charge in [0.2, 0.25) is 10.0 Å². The molecule has 6 nitrogen and oxygen atoms in total. The fourth-order valence-electron chi connectivity index (χ4n) is 3.27. The van der Waals surface area contributed by atoms with Gasteiger partial charge < -0.3 is 4.90 Å². The van der Waals surface area contributed by atoms with Crippen molar-refractivity contribution in [1.82, 2.24) is 14.2 Å². The molecule has 156 valence electrons. The molecule has 1 saturated heterocycles. The van der Waals surface area contributed by atoms with Crippen molar-refractivity contribution in [3.63, 3.8) is 0 Å². The first-order valence-corrected chi connectivity index (χ1v) is 11.9. The molecule has 0 unspecified atom stereocenters. The molecule has 1 fully saturated rings. The van der Waals surface area contributed by atoms with Gasteiger partial charge in [0.25, 0.3) is 5.91 Å². The quantitative estimate of drug-likeness (QED) is 0.635. The number of pyridine rings is 1. The van der Waals surface area contributed by atoms with Crippen LogP contribution < -0.4 is 0 Å². The molecule has 2 heterocycles. The number of halogens is 2. The molecule has 0 aliphatic carbocycles. The second-order valence-corrected chi connectivity index (χ2v) is 9.88. The predicted molar refractivity (Wildman–Crippen MR) is 115 cm³/mol. The Kier molecular flexibility index (Phi) is 7.51. The number of piperidine rings is 1. The molecule has 1 aromatic carbocycles. The number of sulfonamides is 1. The van der Waals surface area contributed by atoms with Crippen LogP contribution in [0.4, 0.5) is 0 Å². The Morgan fingerprint density at radius 1 is 1.10 bits per heavy atom. The summed E-state index contributed by atoms with van der Waals surface area (Å²) in [4.78, 5) is 18.9. The minimum atomic E-state index is -3.44. The predicted octanol–water partition coefficient (Wildman–Crippen LogP) is 3.85. The number of hydrogen-bond donors (Lipinski definition) is 0. The average Bonchev–Trinajstić information content (AvgIpc) is 2.72. The highest BCUT2D eigenvalue weighted by atomic mass is 35.5. The van der Waals surface area contributed by atoms with E-state index in [0.29, 0.717) is 23.8 Å². The van der Waals surface area contributed by atoms with E-state index < -0.39 is 10.0 Å². The first kappa shape index (κ1) is 22.0. The van der Waals surface area contributed by atoms with E-state index in [2.05, 4.69) is 4.98 Å². The highest BCUT2D eigenvalue weighted by molar-refractivity contribution is 7.89. The van der Waals surface area contributed by atoms with Crippen LogP contribution in [0.25, 0.3) is 0 Å². The molecule has 0 atom stereocenters. The molecule has 29 heavy (non-hydrogen) atoms. The number of nitrogens with zero attached hydrogens (tertiary/aromatic N) is 3. The number of aromatic nitrogens is 1. The van der Waals surface area contributed by atoms with Gasteiger partial charge in [0.05, 0.1) is 28.6 Å². The maximum absolute atomic E-state index is 13.1. The van der Waals surface area contributed by atoms with Gasteiger partial charge in [-0.3, -0.25) is 9.78 Å². The van der Waals surface area contributed by atoms with Crippen molar-refractivity contribution in [1.29, 1.82) is 0 Å². The van der Waals surface area contributed by atoms with Crippen LogP contribution in [-0.4, -0.2) is 53.9 Å². The van der Waals surface area contributed by atoms with Crippen LogP contribution in [0.2, 0.25) is 10.0 Å². The molecule has 0 spiro atoms. The Labute approximate surface area is 181 Å². The van der Waals surface area contributed by atoms with E-state index in [4.69, 9.17) is 23.2 Å². The largest absolute Gasteiger partial charge is 0.332 e. The van der Waals surface area contributed by atoms with E-state index in [9.17, 15) is 13.2 Å². The summed E-state index contributed by atoms with van der Waals surface area (Å²) in [5, 5.41) is 0.655. The molecule has 0 saturated carbocycles. The Hall–Kier alpha value is -1.67. The maximum Gasteiger partial charge on any atom is 0.255 e. The van der Waals surface area contributed by atoms with Crippen molar-refractivity contribution in [2.24, 2.45) is 0 Å². The summed E-state index contributed by atoms with van der Waals surface area (Å²) in [6.45, 7) is 1.32. The standard InChI is InChI=1S/C20H23Cl2N3O3S/c21-16-7-8-18(19(22)14-16)20(26)24(15-17-6-2-3-9-23-17)12-13-29(27,28)25-10-4-1-5-11-25/h2-3,6-9,14H,1,4-5,10-13,15H2. The van der Waals surface area contributed by atoms with E-state index in [-0.39, 0.29) is 35.3 Å². The Balaban J connectivity index is 1.79. The normalized spacial score (nSPS) is 15.2. The van der Waals surface area contributed by atoms with Crippen LogP contribution in [0.5, 0.6) is 0 Å². The zero-order valence-corrected chi connectivity index (χ0v) is 18.3. The molecule has 0 N–H and O–H groups in total. The summed E-state index contributed by atoms with van der Waals surface area (Å²) in [5.74, 6) is -0.497. The average molecular weight is 456 g/mol. The second-order valence-electron chi connectivity index (χ2n) is 6.95. The van der Waals surface area contributed by atoms with Gasteiger partial charge in [-0.1, -0.05) is 35.7 Å². The molecule has 1 aliphatic heterocycles. The summed E-state index contributed by atoms with van der Waals surface area (Å²) in [6, 6.07) is 10.0. The number of hydrogen-bond acceptors (Lipinski definition) is 4. The van der Waals surface area contributed by atoms with Crippen LogP contribution in [0, 0.1) is 0 Å². The zero-order valence-electron chi connectivity index (χ0n) is 15.9. The lowest BCUT2D eigenvalue weighted by Gasteiger charge is -2.28. The summed E-state index contributed by atoms with van der Waals surface area (Å²) >= 11 is 12.1. The molecule has 2 aromatic rings. The van der Waals surface area contributed by atoms with E-state index in [0.717, 1.165) is 19.3 Å². The van der Waals surface area contributed by atoms with Gasteiger partial charge in [-0.15, -0.1) is 0 Å². The Morgan fingerprint density at radius 3 is 2.52 bits per heavy atom. The molecule has 1 aliphatic rings. The summed E-state index contributed by atoms with van der Waals surface area (Å²) in [5.41, 5.74) is 0.948. The monoisotopic (exact) mass is 455 g/mol. The zero-order chi connectivity index (χ0) is 20.9. The van der Waals surface area contributed by atoms with Crippen molar-refractivity contribution >= 4 is 39.1 Å². The summed E-state index contributed by atoms with van der Waals surface area (Å²) in [7, 11) is -3.44. The first-order chi connectivity index (χ1) is 13.9. The van der Waals surface area contributed by atoms with Crippen molar-refractivity contribution in [3.8, 4) is 0 Å². The molecule has 1 amide bonds. The van der Waals surface area contributed by atoms with Crippen LogP contribution >= 0.6 is 23.2 Å². The minimum Gasteiger partial charge on any atom is -0.332 e. The molecule has 1 aromatic heterocycles. The number of carbonyl (C=O) groups is 1. The van der Waals surface area contributed by atoms with Crippen molar-refractivity contribution in [2.45, 2.75) is 25.8 Å². The topological polar surface area (TPSA) is 70.6 Å². The molecular formula is C20H23Cl2N3O3S. The molecule has 0 bridgehead atoms. The lowest BCUT2D eigenvalue weighted by Crippen LogP contribution is -2.41. The van der Waals surface area contributed by atoms with Gasteiger partial charge in [0.1, 0.15) is 0 Å². The van der Waals surface area contributed by atoms with Gasteiger partial charge in [0, 0.05) is 30.9 Å². The van der Waals surface area contributed by atoms with Gasteiger partial charge in [0.15, 0.2) is 0 Å². The van der Waals surface area contributed by atoms with Crippen molar-refractivity contribution in [3.05, 3.63) is 63.9 Å². The highest BCUT2D eigenvalue weighted by Crippen LogP contribution is 2.23. The summed E-state index contributed by atoms with van der Waals surface area (Å²) in [6.07, 6.45) is 4.43. The van der Waals surface area contributed by atoms with Crippen molar-refractivity contribution < 1.29 is 13.2 Å². The van der Waals surface area contributed by atoms with E-state index in [1.165, 1.54) is 15.3 Å². The van der Waals surface area contributed by atoms with Crippen LogP contribution in [0.15, 0.2) is 42.6 Å². The minimum absolute atomic E-state index is 0.0488. The van der Waals surface area contributed by atoms with Crippen molar-refractivity contribution in [2.75, 3.05) is 25.4 Å². The Bertz CT molecular complexity index is 949. The fraction of sp³-hybridized carbons (Fsp3) is 0.400. The molecule has 3 rings (SSSR count). The van der Waals surface area contributed by atoms with Crippen LogP contribution in [-0.2, 0) is 16.6 Å².